The van der Waals surface area contributed by atoms with E-state index >= 15 is 0 Å². The molecule has 136 valence electrons. The molecule has 7 nitrogen and oxygen atoms in total. The summed E-state index contributed by atoms with van der Waals surface area (Å²) in [7, 11) is 0. The van der Waals surface area contributed by atoms with Crippen LogP contribution in [0, 0.1) is 0 Å². The van der Waals surface area contributed by atoms with Crippen molar-refractivity contribution in [1.29, 1.82) is 0 Å². The zero-order valence-electron chi connectivity index (χ0n) is 14.4. The average Bonchev–Trinajstić information content (AvgIpc) is 3.34. The van der Waals surface area contributed by atoms with Crippen molar-refractivity contribution < 1.29 is 9.21 Å². The number of hydrogen-bond acceptors (Lipinski definition) is 6. The lowest BCUT2D eigenvalue weighted by molar-refractivity contribution is -0.118. The van der Waals surface area contributed by atoms with Crippen LogP contribution in [0.25, 0.3) is 22.5 Å². The number of fused-ring (bicyclic) bond motifs is 1. The highest BCUT2D eigenvalue weighted by Gasteiger charge is 2.15. The van der Waals surface area contributed by atoms with Crippen LogP contribution in [-0.4, -0.2) is 38.6 Å². The van der Waals surface area contributed by atoms with Crippen LogP contribution in [0.15, 0.2) is 64.2 Å². The van der Waals surface area contributed by atoms with Gasteiger partial charge >= 0.3 is 0 Å². The van der Waals surface area contributed by atoms with Crippen LogP contribution >= 0.6 is 11.8 Å². The molecular formula is C19H17N5O2S. The molecule has 2 N–H and O–H groups in total. The number of carbonyl (C=O) groups is 1. The smallest absolute Gasteiger partial charge is 0.277 e. The van der Waals surface area contributed by atoms with E-state index in [0.717, 1.165) is 17.3 Å². The predicted molar refractivity (Wildman–Crippen MR) is 103 cm³/mol. The molecule has 0 saturated heterocycles. The van der Waals surface area contributed by atoms with E-state index in [0.29, 0.717) is 23.4 Å². The van der Waals surface area contributed by atoms with Crippen molar-refractivity contribution in [1.82, 2.24) is 25.7 Å². The van der Waals surface area contributed by atoms with E-state index in [9.17, 15) is 4.79 Å². The lowest BCUT2D eigenvalue weighted by atomic mass is 10.1. The van der Waals surface area contributed by atoms with E-state index in [-0.39, 0.29) is 11.7 Å². The average molecular weight is 379 g/mol. The van der Waals surface area contributed by atoms with Gasteiger partial charge in [0.25, 0.3) is 11.1 Å². The van der Waals surface area contributed by atoms with Gasteiger partial charge in [-0.15, -0.1) is 10.2 Å². The van der Waals surface area contributed by atoms with Crippen LogP contribution in [0.3, 0.4) is 0 Å². The zero-order chi connectivity index (χ0) is 18.5. The molecule has 0 aliphatic rings. The standard InChI is InChI=1S/C19H17N5O2S/c25-16(20-11-10-13-6-2-1-3-7-13)12-27-19-24-23-18(26-19)17-14-8-4-5-9-15(14)21-22-17/h1-9H,10-12H2,(H,20,25)(H,21,22). The molecule has 0 atom stereocenters. The molecule has 0 aliphatic heterocycles. The second kappa shape index (κ2) is 8.05. The minimum Gasteiger partial charge on any atom is -0.409 e. The summed E-state index contributed by atoms with van der Waals surface area (Å²) in [6, 6.07) is 17.7. The minimum atomic E-state index is -0.0686. The molecule has 2 heterocycles. The largest absolute Gasteiger partial charge is 0.409 e. The lowest BCUT2D eigenvalue weighted by Crippen LogP contribution is -2.27. The zero-order valence-corrected chi connectivity index (χ0v) is 15.2. The summed E-state index contributed by atoms with van der Waals surface area (Å²) >= 11 is 1.21. The molecule has 2 aromatic carbocycles. The number of aromatic amines is 1. The number of carbonyl (C=O) groups excluding carboxylic acids is 1. The number of H-pyrrole nitrogens is 1. The highest BCUT2D eigenvalue weighted by atomic mass is 32.2. The monoisotopic (exact) mass is 379 g/mol. The van der Waals surface area contributed by atoms with Crippen molar-refractivity contribution in [3.8, 4) is 11.6 Å². The quantitative estimate of drug-likeness (QED) is 0.479. The van der Waals surface area contributed by atoms with Gasteiger partial charge < -0.3 is 9.73 Å². The maximum absolute atomic E-state index is 12.0. The fraction of sp³-hybridized carbons (Fsp3) is 0.158. The van der Waals surface area contributed by atoms with Crippen LogP contribution < -0.4 is 5.32 Å². The Bertz CT molecular complexity index is 1040. The lowest BCUT2D eigenvalue weighted by Gasteiger charge is -2.04. The van der Waals surface area contributed by atoms with E-state index in [1.54, 1.807) is 0 Å². The molecule has 0 unspecified atom stereocenters. The number of benzene rings is 2. The van der Waals surface area contributed by atoms with E-state index in [2.05, 4.69) is 25.7 Å². The maximum atomic E-state index is 12.0. The van der Waals surface area contributed by atoms with Crippen molar-refractivity contribution >= 4 is 28.6 Å². The molecule has 4 aromatic rings. The van der Waals surface area contributed by atoms with Gasteiger partial charge in [-0.3, -0.25) is 9.89 Å². The summed E-state index contributed by atoms with van der Waals surface area (Å²) in [4.78, 5) is 12.0. The third-order valence-corrected chi connectivity index (χ3v) is 4.80. The van der Waals surface area contributed by atoms with Crippen molar-refractivity contribution in [2.45, 2.75) is 11.6 Å². The molecule has 1 amide bonds. The van der Waals surface area contributed by atoms with Gasteiger partial charge in [0.05, 0.1) is 11.3 Å². The van der Waals surface area contributed by atoms with Crippen molar-refractivity contribution in [3.63, 3.8) is 0 Å². The minimum absolute atomic E-state index is 0.0686. The fourth-order valence-corrected chi connectivity index (χ4v) is 3.25. The highest BCUT2D eigenvalue weighted by molar-refractivity contribution is 7.99. The highest BCUT2D eigenvalue weighted by Crippen LogP contribution is 2.27. The number of aromatic nitrogens is 4. The first kappa shape index (κ1) is 17.3. The summed E-state index contributed by atoms with van der Waals surface area (Å²) < 4.78 is 5.64. The number of nitrogens with one attached hydrogen (secondary N) is 2. The Morgan fingerprint density at radius 3 is 2.78 bits per heavy atom. The van der Waals surface area contributed by atoms with Gasteiger partial charge in [0.1, 0.15) is 0 Å². The van der Waals surface area contributed by atoms with Crippen molar-refractivity contribution in [3.05, 3.63) is 60.2 Å². The molecule has 0 fully saturated rings. The number of thioether (sulfide) groups is 1. The van der Waals surface area contributed by atoms with E-state index in [4.69, 9.17) is 4.42 Å². The van der Waals surface area contributed by atoms with Crippen molar-refractivity contribution in [2.24, 2.45) is 0 Å². The third kappa shape index (κ3) is 4.17. The predicted octanol–water partition coefficient (Wildman–Crippen LogP) is 3.06. The van der Waals surface area contributed by atoms with E-state index in [1.165, 1.54) is 17.3 Å². The maximum Gasteiger partial charge on any atom is 0.277 e. The van der Waals surface area contributed by atoms with E-state index < -0.39 is 0 Å². The molecule has 2 aromatic heterocycles. The first-order valence-electron chi connectivity index (χ1n) is 8.50. The van der Waals surface area contributed by atoms with E-state index in [1.807, 2.05) is 54.6 Å². The summed E-state index contributed by atoms with van der Waals surface area (Å²) in [5, 5.41) is 19.3. The first-order chi connectivity index (χ1) is 13.3. The molecule has 0 spiro atoms. The molecule has 0 aliphatic carbocycles. The molecule has 8 heteroatoms. The van der Waals surface area contributed by atoms with Gasteiger partial charge in [0, 0.05) is 11.9 Å². The molecule has 0 saturated carbocycles. The van der Waals surface area contributed by atoms with Gasteiger partial charge in [-0.1, -0.05) is 60.3 Å². The van der Waals surface area contributed by atoms with Crippen LogP contribution in [-0.2, 0) is 11.2 Å². The number of hydrogen-bond donors (Lipinski definition) is 2. The summed E-state index contributed by atoms with van der Waals surface area (Å²) in [6.45, 7) is 0.595. The van der Waals surface area contributed by atoms with Crippen LogP contribution in [0.5, 0.6) is 0 Å². The molecule has 0 radical (unpaired) electrons. The Morgan fingerprint density at radius 1 is 1.07 bits per heavy atom. The number of nitrogens with zero attached hydrogens (tertiary/aromatic N) is 3. The number of amides is 1. The molecule has 0 bridgehead atoms. The number of rotatable bonds is 7. The Balaban J connectivity index is 1.30. The molecule has 4 rings (SSSR count). The van der Waals surface area contributed by atoms with Gasteiger partial charge in [-0.05, 0) is 18.1 Å². The fourth-order valence-electron chi connectivity index (χ4n) is 2.66. The van der Waals surface area contributed by atoms with Crippen molar-refractivity contribution in [2.75, 3.05) is 12.3 Å². The van der Waals surface area contributed by atoms with Gasteiger partial charge in [-0.2, -0.15) is 5.10 Å². The number of para-hydroxylation sites is 1. The van der Waals surface area contributed by atoms with Gasteiger partial charge in [-0.25, -0.2) is 0 Å². The van der Waals surface area contributed by atoms with Gasteiger partial charge in [0.15, 0.2) is 5.69 Å². The summed E-state index contributed by atoms with van der Waals surface area (Å²) in [5.74, 6) is 0.484. The summed E-state index contributed by atoms with van der Waals surface area (Å²) in [6.07, 6.45) is 0.800. The Hall–Kier alpha value is -3.13. The molecular weight excluding hydrogens is 362 g/mol. The second-order valence-corrected chi connectivity index (χ2v) is 6.79. The topological polar surface area (TPSA) is 96.7 Å². The second-order valence-electron chi connectivity index (χ2n) is 5.87. The third-order valence-electron chi connectivity index (χ3n) is 3.98. The normalized spacial score (nSPS) is 11.0. The van der Waals surface area contributed by atoms with Crippen LogP contribution in [0.2, 0.25) is 0 Å². The molecule has 27 heavy (non-hydrogen) atoms. The SMILES string of the molecule is O=C(CSc1nnc(-c2n[nH]c3ccccc23)o1)NCCc1ccccc1. The van der Waals surface area contributed by atoms with Crippen LogP contribution in [0.1, 0.15) is 5.56 Å². The first-order valence-corrected chi connectivity index (χ1v) is 9.48. The Kier molecular flexibility index (Phi) is 5.15. The Morgan fingerprint density at radius 2 is 1.89 bits per heavy atom. The summed E-state index contributed by atoms with van der Waals surface area (Å²) in [5.41, 5.74) is 2.70. The Labute approximate surface area is 159 Å². The van der Waals surface area contributed by atoms with Crippen LogP contribution in [0.4, 0.5) is 0 Å². The van der Waals surface area contributed by atoms with Gasteiger partial charge in [0.2, 0.25) is 5.91 Å².